The number of nitrogens with two attached hydrogens (primary N) is 1. The fraction of sp³-hybridized carbons (Fsp3) is 0.600. The molecule has 208 valence electrons. The smallest absolute Gasteiger partial charge is 0.458 e. The maximum absolute atomic E-state index is 12.5. The lowest BCUT2D eigenvalue weighted by molar-refractivity contribution is -0.155. The Hall–Kier alpha value is -3.54. The van der Waals surface area contributed by atoms with Crippen LogP contribution in [-0.4, -0.2) is 62.0 Å². The number of rotatable bonds is 13. The molecule has 1 aromatic rings. The second-order valence-corrected chi connectivity index (χ2v) is 8.37. The van der Waals surface area contributed by atoms with Crippen LogP contribution < -0.4 is 15.2 Å². The van der Waals surface area contributed by atoms with Crippen LogP contribution in [0.2, 0.25) is 0 Å². The van der Waals surface area contributed by atoms with E-state index in [4.69, 9.17) is 38.9 Å². The first-order chi connectivity index (χ1) is 17.5. The maximum atomic E-state index is 12.5. The third kappa shape index (κ3) is 12.3. The summed E-state index contributed by atoms with van der Waals surface area (Å²) >= 11 is 0. The van der Waals surface area contributed by atoms with Crippen LogP contribution in [0.25, 0.3) is 0 Å². The van der Waals surface area contributed by atoms with Gasteiger partial charge in [0.25, 0.3) is 0 Å². The number of benzene rings is 1. The summed E-state index contributed by atoms with van der Waals surface area (Å²) in [7, 11) is 0. The highest BCUT2D eigenvalue weighted by molar-refractivity contribution is 5.76. The molecule has 1 unspecified atom stereocenters. The van der Waals surface area contributed by atoms with Crippen LogP contribution >= 0.6 is 0 Å². The minimum atomic E-state index is -1.10. The Kier molecular flexibility index (Phi) is 13.8. The van der Waals surface area contributed by atoms with Crippen molar-refractivity contribution < 1.29 is 52.3 Å². The van der Waals surface area contributed by atoms with Gasteiger partial charge in [-0.15, -0.1) is 0 Å². The van der Waals surface area contributed by atoms with Crippen molar-refractivity contribution in [2.24, 2.45) is 5.73 Å². The van der Waals surface area contributed by atoms with Crippen LogP contribution in [0.1, 0.15) is 59.9 Å². The number of carbonyl (C=O) groups is 4. The van der Waals surface area contributed by atoms with E-state index in [1.807, 2.05) is 13.8 Å². The minimum absolute atomic E-state index is 0.00287. The van der Waals surface area contributed by atoms with Gasteiger partial charge in [-0.25, -0.2) is 14.4 Å². The van der Waals surface area contributed by atoms with Crippen molar-refractivity contribution in [3.63, 3.8) is 0 Å². The van der Waals surface area contributed by atoms with Crippen molar-refractivity contribution in [1.82, 2.24) is 0 Å². The van der Waals surface area contributed by atoms with E-state index in [1.165, 1.54) is 18.2 Å². The summed E-state index contributed by atoms with van der Waals surface area (Å²) in [5.41, 5.74) is 6.49. The third-order valence-electron chi connectivity index (χ3n) is 4.58. The summed E-state index contributed by atoms with van der Waals surface area (Å²) in [5.74, 6) is -0.942. The molecule has 37 heavy (non-hydrogen) atoms. The van der Waals surface area contributed by atoms with Crippen molar-refractivity contribution in [1.29, 1.82) is 0 Å². The van der Waals surface area contributed by atoms with Crippen molar-refractivity contribution in [3.05, 3.63) is 23.8 Å². The molecule has 3 atom stereocenters. The van der Waals surface area contributed by atoms with Crippen molar-refractivity contribution in [2.75, 3.05) is 13.2 Å². The standard InChI is InChI=1S/C25H37NO11/c1-7-11-31-23(28)36-20-10-9-18(14-21(20)37-24(29)32-12-8-2)13-19(26)22(27)34-16(5)17(6)35-25(30)33-15(3)4/h9-10,14-17,19H,7-8,11-13,26H2,1-6H3/t16-,17?,19-/m0/s1. The molecule has 0 saturated heterocycles. The van der Waals surface area contributed by atoms with Gasteiger partial charge >= 0.3 is 24.4 Å². The van der Waals surface area contributed by atoms with Crippen LogP contribution in [0.3, 0.4) is 0 Å². The van der Waals surface area contributed by atoms with Crippen molar-refractivity contribution in [3.8, 4) is 11.5 Å². The van der Waals surface area contributed by atoms with Gasteiger partial charge in [-0.2, -0.15) is 0 Å². The van der Waals surface area contributed by atoms with E-state index in [-0.39, 0.29) is 37.2 Å². The van der Waals surface area contributed by atoms with Gasteiger partial charge in [0.05, 0.1) is 19.3 Å². The largest absolute Gasteiger partial charge is 0.513 e. The number of hydrogen-bond donors (Lipinski definition) is 1. The highest BCUT2D eigenvalue weighted by Crippen LogP contribution is 2.30. The van der Waals surface area contributed by atoms with Gasteiger partial charge in [0.15, 0.2) is 11.5 Å². The lowest BCUT2D eigenvalue weighted by Crippen LogP contribution is -2.39. The molecule has 12 heteroatoms. The van der Waals surface area contributed by atoms with E-state index >= 15 is 0 Å². The van der Waals surface area contributed by atoms with Crippen molar-refractivity contribution in [2.45, 2.75) is 85.2 Å². The van der Waals surface area contributed by atoms with Gasteiger partial charge in [0, 0.05) is 0 Å². The SMILES string of the molecule is CCCOC(=O)Oc1ccc(C[C@H](N)C(=O)O[C@@H](C)C(C)OC(=O)OC(C)C)cc1OC(=O)OCCC. The first kappa shape index (κ1) is 31.5. The molecule has 0 saturated carbocycles. The molecule has 0 aromatic heterocycles. The Morgan fingerprint density at radius 3 is 1.84 bits per heavy atom. The monoisotopic (exact) mass is 527 g/mol. The van der Waals surface area contributed by atoms with Crippen LogP contribution in [0.4, 0.5) is 14.4 Å². The second-order valence-electron chi connectivity index (χ2n) is 8.37. The number of carbonyl (C=O) groups excluding carboxylic acids is 4. The van der Waals surface area contributed by atoms with Gasteiger partial charge < -0.3 is 38.9 Å². The number of hydrogen-bond acceptors (Lipinski definition) is 12. The third-order valence-corrected chi connectivity index (χ3v) is 4.58. The van der Waals surface area contributed by atoms with Crippen LogP contribution in [0.5, 0.6) is 11.5 Å². The van der Waals surface area contributed by atoms with E-state index in [0.717, 1.165) is 0 Å². The topological polar surface area (TPSA) is 159 Å². The second kappa shape index (κ2) is 16.3. The average molecular weight is 528 g/mol. The average Bonchev–Trinajstić information content (AvgIpc) is 2.82. The molecule has 0 spiro atoms. The Bertz CT molecular complexity index is 903. The zero-order valence-electron chi connectivity index (χ0n) is 22.1. The Morgan fingerprint density at radius 1 is 0.757 bits per heavy atom. The molecule has 0 bridgehead atoms. The summed E-state index contributed by atoms with van der Waals surface area (Å²) in [6.45, 7) is 10.4. The normalized spacial score (nSPS) is 13.1. The van der Waals surface area contributed by atoms with E-state index in [2.05, 4.69) is 0 Å². The molecule has 0 aliphatic carbocycles. The van der Waals surface area contributed by atoms with E-state index < -0.39 is 42.7 Å². The summed E-state index contributed by atoms with van der Waals surface area (Å²) in [5, 5.41) is 0. The van der Waals surface area contributed by atoms with Gasteiger partial charge in [-0.05, 0) is 64.7 Å². The number of ether oxygens (including phenoxy) is 7. The van der Waals surface area contributed by atoms with Crippen LogP contribution in [0.15, 0.2) is 18.2 Å². The minimum Gasteiger partial charge on any atom is -0.458 e. The molecule has 2 N–H and O–H groups in total. The Morgan fingerprint density at radius 2 is 1.30 bits per heavy atom. The summed E-state index contributed by atoms with van der Waals surface area (Å²) < 4.78 is 35.4. The van der Waals surface area contributed by atoms with Gasteiger partial charge in [0.1, 0.15) is 18.2 Å². The fourth-order valence-electron chi connectivity index (χ4n) is 2.62. The first-order valence-electron chi connectivity index (χ1n) is 12.1. The molecule has 0 radical (unpaired) electrons. The predicted molar refractivity (Wildman–Crippen MR) is 130 cm³/mol. The van der Waals surface area contributed by atoms with E-state index in [1.54, 1.807) is 27.7 Å². The summed E-state index contributed by atoms with van der Waals surface area (Å²) in [6, 6.07) is 3.21. The molecule has 0 aliphatic rings. The maximum Gasteiger partial charge on any atom is 0.513 e. The van der Waals surface area contributed by atoms with Crippen LogP contribution in [0, 0.1) is 0 Å². The quantitative estimate of drug-likeness (QED) is 0.221. The van der Waals surface area contributed by atoms with E-state index in [9.17, 15) is 19.2 Å². The molecule has 0 fully saturated rings. The summed E-state index contributed by atoms with van der Waals surface area (Å²) in [4.78, 5) is 48.0. The lowest BCUT2D eigenvalue weighted by atomic mass is 10.1. The molecule has 0 heterocycles. The zero-order valence-corrected chi connectivity index (χ0v) is 22.1. The van der Waals surface area contributed by atoms with Gasteiger partial charge in [-0.3, -0.25) is 4.79 Å². The Labute approximate surface area is 216 Å². The number of esters is 1. The summed E-state index contributed by atoms with van der Waals surface area (Å²) in [6.07, 6.45) is -3.59. The molecule has 1 aromatic carbocycles. The highest BCUT2D eigenvalue weighted by Gasteiger charge is 2.25. The Balaban J connectivity index is 2.87. The fourth-order valence-corrected chi connectivity index (χ4v) is 2.62. The van der Waals surface area contributed by atoms with Gasteiger partial charge in [0.2, 0.25) is 0 Å². The molecule has 12 nitrogen and oxygen atoms in total. The highest BCUT2D eigenvalue weighted by atomic mass is 16.8. The molecular weight excluding hydrogens is 490 g/mol. The van der Waals surface area contributed by atoms with Gasteiger partial charge in [-0.1, -0.05) is 19.9 Å². The van der Waals surface area contributed by atoms with E-state index in [0.29, 0.717) is 18.4 Å². The predicted octanol–water partition coefficient (Wildman–Crippen LogP) is 4.29. The molecule has 0 aliphatic heterocycles. The van der Waals surface area contributed by atoms with Crippen LogP contribution in [-0.2, 0) is 34.9 Å². The zero-order chi connectivity index (χ0) is 28.0. The molecule has 1 rings (SSSR count). The molecular formula is C25H37NO11. The lowest BCUT2D eigenvalue weighted by Gasteiger charge is -2.22. The van der Waals surface area contributed by atoms with Crippen molar-refractivity contribution >= 4 is 24.4 Å². The first-order valence-corrected chi connectivity index (χ1v) is 12.1. The molecule has 0 amide bonds.